The van der Waals surface area contributed by atoms with Crippen molar-refractivity contribution in [2.75, 3.05) is 32.9 Å². The number of imidazole rings is 1. The van der Waals surface area contributed by atoms with Crippen molar-refractivity contribution >= 4 is 32.8 Å². The number of benzene rings is 2. The topological polar surface area (TPSA) is 73.7 Å². The summed E-state index contributed by atoms with van der Waals surface area (Å²) in [6.45, 7) is 7.39. The molecule has 0 N–H and O–H groups in total. The van der Waals surface area contributed by atoms with Gasteiger partial charge in [0.1, 0.15) is 0 Å². The Morgan fingerprint density at radius 3 is 2.62 bits per heavy atom. The first-order valence-electron chi connectivity index (χ1n) is 11.8. The molecule has 1 aromatic heterocycles. The Bertz CT molecular complexity index is 1280. The summed E-state index contributed by atoms with van der Waals surface area (Å²) < 4.78 is 41.3. The van der Waals surface area contributed by atoms with E-state index in [9.17, 15) is 8.42 Å². The molecule has 9 heteroatoms. The standard InChI is InChI=1S/C25H31N3O4S2/c1-18-5-6-20(14-19(18)2)17-33-25-26-23-15-22(34(29,30)27-9-12-31-13-10-27)7-8-24(23)28(25)16-21-4-3-11-32-21/h5-8,14-15,21H,3-4,9-13,16-17H2,1-2H3. The predicted octanol–water partition coefficient (Wildman–Crippen LogP) is 4.15. The van der Waals surface area contributed by atoms with Gasteiger partial charge in [0.2, 0.25) is 10.0 Å². The molecular formula is C25H31N3O4S2. The van der Waals surface area contributed by atoms with E-state index in [2.05, 4.69) is 36.6 Å². The van der Waals surface area contributed by atoms with Crippen molar-refractivity contribution in [2.24, 2.45) is 0 Å². The van der Waals surface area contributed by atoms with E-state index in [0.717, 1.165) is 42.4 Å². The van der Waals surface area contributed by atoms with Gasteiger partial charge in [0, 0.05) is 25.4 Å². The van der Waals surface area contributed by atoms with Gasteiger partial charge in [-0.2, -0.15) is 4.31 Å². The van der Waals surface area contributed by atoms with Crippen molar-refractivity contribution in [1.29, 1.82) is 0 Å². The molecule has 2 aromatic carbocycles. The van der Waals surface area contributed by atoms with Crippen LogP contribution in [0.5, 0.6) is 0 Å². The van der Waals surface area contributed by atoms with Crippen LogP contribution in [0.25, 0.3) is 11.0 Å². The molecule has 0 spiro atoms. The van der Waals surface area contributed by atoms with Gasteiger partial charge in [0.05, 0.1) is 41.8 Å². The molecule has 0 amide bonds. The molecule has 2 fully saturated rings. The number of hydrogen-bond donors (Lipinski definition) is 0. The summed E-state index contributed by atoms with van der Waals surface area (Å²) in [6.07, 6.45) is 2.27. The fourth-order valence-electron chi connectivity index (χ4n) is 4.50. The Hall–Kier alpha value is -1.91. The second kappa shape index (κ2) is 9.99. The number of sulfonamides is 1. The smallest absolute Gasteiger partial charge is 0.243 e. The Labute approximate surface area is 205 Å². The van der Waals surface area contributed by atoms with Crippen molar-refractivity contribution < 1.29 is 17.9 Å². The monoisotopic (exact) mass is 501 g/mol. The lowest BCUT2D eigenvalue weighted by Gasteiger charge is -2.26. The van der Waals surface area contributed by atoms with Gasteiger partial charge in [-0.25, -0.2) is 13.4 Å². The van der Waals surface area contributed by atoms with Crippen molar-refractivity contribution in [3.05, 3.63) is 53.1 Å². The third-order valence-corrected chi connectivity index (χ3v) is 9.58. The lowest BCUT2D eigenvalue weighted by Crippen LogP contribution is -2.40. The Morgan fingerprint density at radius 1 is 1.06 bits per heavy atom. The van der Waals surface area contributed by atoms with Crippen LogP contribution < -0.4 is 0 Å². The maximum Gasteiger partial charge on any atom is 0.243 e. The number of fused-ring (bicyclic) bond motifs is 1. The number of morpholine rings is 1. The van der Waals surface area contributed by atoms with Crippen LogP contribution in [0.4, 0.5) is 0 Å². The number of aryl methyl sites for hydroxylation is 2. The fourth-order valence-corrected chi connectivity index (χ4v) is 6.90. The molecule has 1 atom stereocenters. The SMILES string of the molecule is Cc1ccc(CSc2nc3cc(S(=O)(=O)N4CCOCC4)ccc3n2CC2CCCO2)cc1C. The zero-order chi connectivity index (χ0) is 23.7. The zero-order valence-corrected chi connectivity index (χ0v) is 21.3. The maximum atomic E-state index is 13.2. The normalized spacial score (nSPS) is 19.8. The summed E-state index contributed by atoms with van der Waals surface area (Å²) in [5, 5.41) is 0.893. The molecule has 0 bridgehead atoms. The maximum absolute atomic E-state index is 13.2. The van der Waals surface area contributed by atoms with Gasteiger partial charge in [-0.3, -0.25) is 0 Å². The highest BCUT2D eigenvalue weighted by molar-refractivity contribution is 7.98. The molecule has 0 saturated carbocycles. The molecule has 0 aliphatic carbocycles. The highest BCUT2D eigenvalue weighted by atomic mass is 32.2. The van der Waals surface area contributed by atoms with Gasteiger partial charge < -0.3 is 14.0 Å². The second-order valence-corrected chi connectivity index (χ2v) is 11.9. The minimum Gasteiger partial charge on any atom is -0.379 e. The molecule has 2 aliphatic heterocycles. The largest absolute Gasteiger partial charge is 0.379 e. The summed E-state index contributed by atoms with van der Waals surface area (Å²) in [4.78, 5) is 5.18. The van der Waals surface area contributed by atoms with Crippen molar-refractivity contribution in [1.82, 2.24) is 13.9 Å². The third kappa shape index (κ3) is 4.90. The van der Waals surface area contributed by atoms with Gasteiger partial charge in [0.25, 0.3) is 0 Å². The van der Waals surface area contributed by atoms with E-state index in [4.69, 9.17) is 14.5 Å². The number of hydrogen-bond acceptors (Lipinski definition) is 6. The summed E-state index contributed by atoms with van der Waals surface area (Å²) in [6, 6.07) is 11.9. The van der Waals surface area contributed by atoms with Crippen LogP contribution in [-0.2, 0) is 31.8 Å². The van der Waals surface area contributed by atoms with Crippen LogP contribution in [0, 0.1) is 13.8 Å². The molecule has 3 aromatic rings. The van der Waals surface area contributed by atoms with Gasteiger partial charge >= 0.3 is 0 Å². The van der Waals surface area contributed by atoms with Crippen LogP contribution in [0.1, 0.15) is 29.5 Å². The van der Waals surface area contributed by atoms with Crippen molar-refractivity contribution in [3.63, 3.8) is 0 Å². The van der Waals surface area contributed by atoms with E-state index in [0.29, 0.717) is 31.8 Å². The lowest BCUT2D eigenvalue weighted by atomic mass is 10.1. The number of nitrogens with zero attached hydrogens (tertiary/aromatic N) is 3. The van der Waals surface area contributed by atoms with E-state index < -0.39 is 10.0 Å². The van der Waals surface area contributed by atoms with E-state index in [1.165, 1.54) is 21.0 Å². The Balaban J connectivity index is 1.47. The molecule has 3 heterocycles. The highest BCUT2D eigenvalue weighted by Gasteiger charge is 2.27. The molecule has 34 heavy (non-hydrogen) atoms. The van der Waals surface area contributed by atoms with Crippen LogP contribution in [-0.4, -0.2) is 61.3 Å². The Morgan fingerprint density at radius 2 is 1.88 bits per heavy atom. The average Bonchev–Trinajstić information content (AvgIpc) is 3.48. The number of aromatic nitrogens is 2. The first-order valence-corrected chi connectivity index (χ1v) is 14.2. The van der Waals surface area contributed by atoms with Gasteiger partial charge in [-0.15, -0.1) is 0 Å². The summed E-state index contributed by atoms with van der Waals surface area (Å²) in [5.74, 6) is 0.800. The van der Waals surface area contributed by atoms with Gasteiger partial charge in [0.15, 0.2) is 5.16 Å². The molecule has 182 valence electrons. The number of ether oxygens (including phenoxy) is 2. The molecule has 1 unspecified atom stereocenters. The molecule has 0 radical (unpaired) electrons. The predicted molar refractivity (Wildman–Crippen MR) is 134 cm³/mol. The van der Waals surface area contributed by atoms with Crippen LogP contribution in [0.3, 0.4) is 0 Å². The number of rotatable bonds is 7. The van der Waals surface area contributed by atoms with Crippen LogP contribution >= 0.6 is 11.8 Å². The van der Waals surface area contributed by atoms with Crippen LogP contribution in [0.2, 0.25) is 0 Å². The number of thioether (sulfide) groups is 1. The van der Waals surface area contributed by atoms with E-state index >= 15 is 0 Å². The fraction of sp³-hybridized carbons (Fsp3) is 0.480. The van der Waals surface area contributed by atoms with E-state index in [-0.39, 0.29) is 11.0 Å². The van der Waals surface area contributed by atoms with E-state index in [1.807, 2.05) is 6.07 Å². The van der Waals surface area contributed by atoms with Gasteiger partial charge in [-0.05, 0) is 61.6 Å². The summed E-state index contributed by atoms with van der Waals surface area (Å²) in [7, 11) is -3.57. The molecule has 2 saturated heterocycles. The average molecular weight is 502 g/mol. The minimum absolute atomic E-state index is 0.162. The molecule has 5 rings (SSSR count). The molecule has 7 nitrogen and oxygen atoms in total. The first-order chi connectivity index (χ1) is 16.4. The quantitative estimate of drug-likeness (QED) is 0.453. The highest BCUT2D eigenvalue weighted by Crippen LogP contribution is 2.31. The summed E-state index contributed by atoms with van der Waals surface area (Å²) in [5.41, 5.74) is 5.46. The zero-order valence-electron chi connectivity index (χ0n) is 19.7. The first kappa shape index (κ1) is 23.8. The minimum atomic E-state index is -3.57. The van der Waals surface area contributed by atoms with Crippen LogP contribution in [0.15, 0.2) is 46.5 Å². The van der Waals surface area contributed by atoms with Crippen molar-refractivity contribution in [2.45, 2.75) is 55.1 Å². The second-order valence-electron chi connectivity index (χ2n) is 9.01. The van der Waals surface area contributed by atoms with E-state index in [1.54, 1.807) is 23.9 Å². The lowest BCUT2D eigenvalue weighted by molar-refractivity contribution is 0.0730. The Kier molecular flexibility index (Phi) is 7.00. The molecule has 2 aliphatic rings. The summed E-state index contributed by atoms with van der Waals surface area (Å²) >= 11 is 1.69. The molecular weight excluding hydrogens is 470 g/mol. The van der Waals surface area contributed by atoms with Crippen molar-refractivity contribution in [3.8, 4) is 0 Å². The van der Waals surface area contributed by atoms with Gasteiger partial charge in [-0.1, -0.05) is 30.0 Å². The third-order valence-electron chi connectivity index (χ3n) is 6.64.